The van der Waals surface area contributed by atoms with E-state index in [1.165, 1.54) is 18.5 Å². The molecule has 1 unspecified atom stereocenters. The van der Waals surface area contributed by atoms with Gasteiger partial charge in [-0.15, -0.1) is 0 Å². The number of nitrogens with one attached hydrogen (secondary N) is 1. The molecule has 2 heteroatoms. The Balaban J connectivity index is 1.97. The average Bonchev–Trinajstić information content (AvgIpc) is 2.37. The Kier molecular flexibility index (Phi) is 4.41. The molecule has 2 rings (SSSR count). The predicted molar refractivity (Wildman–Crippen MR) is 75.6 cm³/mol. The summed E-state index contributed by atoms with van der Waals surface area (Å²) in [6, 6.07) is 13.0. The van der Waals surface area contributed by atoms with Gasteiger partial charge in [0.1, 0.15) is 12.1 Å². The first-order chi connectivity index (χ1) is 8.58. The van der Waals surface area contributed by atoms with Gasteiger partial charge < -0.3 is 10.2 Å². The van der Waals surface area contributed by atoms with Gasteiger partial charge in [-0.1, -0.05) is 37.3 Å². The fourth-order valence-electron chi connectivity index (χ4n) is 3.21. The molecule has 1 aromatic rings. The van der Waals surface area contributed by atoms with Crippen molar-refractivity contribution in [1.29, 1.82) is 0 Å². The van der Waals surface area contributed by atoms with E-state index in [9.17, 15) is 0 Å². The van der Waals surface area contributed by atoms with E-state index in [1.54, 1.807) is 4.90 Å². The molecule has 1 aromatic carbocycles. The smallest absolute Gasteiger partial charge is 0.109 e. The minimum Gasteiger partial charge on any atom is -0.337 e. The van der Waals surface area contributed by atoms with Crippen molar-refractivity contribution in [3.8, 4) is 0 Å². The maximum absolute atomic E-state index is 2.59. The van der Waals surface area contributed by atoms with Crippen LogP contribution in [-0.4, -0.2) is 25.7 Å². The van der Waals surface area contributed by atoms with Crippen LogP contribution in [0.15, 0.2) is 30.3 Å². The van der Waals surface area contributed by atoms with Crippen molar-refractivity contribution in [2.24, 2.45) is 5.92 Å². The molecule has 100 valence electrons. The van der Waals surface area contributed by atoms with Crippen LogP contribution in [0.5, 0.6) is 0 Å². The monoisotopic (exact) mass is 248 g/mol. The van der Waals surface area contributed by atoms with Crippen molar-refractivity contribution in [1.82, 2.24) is 0 Å². The minimum absolute atomic E-state index is 0.573. The molecular weight excluding hydrogens is 220 g/mol. The summed E-state index contributed by atoms with van der Waals surface area (Å²) in [5, 5.41) is 2.59. The molecule has 1 saturated heterocycles. The summed E-state index contributed by atoms with van der Waals surface area (Å²) in [6.07, 6.45) is 1.34. The van der Waals surface area contributed by atoms with Gasteiger partial charge in [-0.25, -0.2) is 0 Å². The first-order valence-electron chi connectivity index (χ1n) is 7.30. The van der Waals surface area contributed by atoms with Crippen molar-refractivity contribution in [2.45, 2.75) is 45.3 Å². The molecule has 0 saturated carbocycles. The van der Waals surface area contributed by atoms with Gasteiger partial charge >= 0.3 is 0 Å². The SMILES string of the molecule is C[C@H]([NH2+][C@@H]1C[C@H](C)[NH+](C)C[C@H]1C)c1ccccc1. The zero-order chi connectivity index (χ0) is 13.1. The third-order valence-electron chi connectivity index (χ3n) is 4.70. The van der Waals surface area contributed by atoms with Crippen molar-refractivity contribution in [3.05, 3.63) is 35.9 Å². The van der Waals surface area contributed by atoms with Gasteiger partial charge in [-0.3, -0.25) is 0 Å². The summed E-state index contributed by atoms with van der Waals surface area (Å²) < 4.78 is 0. The normalized spacial score (nSPS) is 34.2. The molecule has 1 heterocycles. The zero-order valence-electron chi connectivity index (χ0n) is 12.2. The second-order valence-corrected chi connectivity index (χ2v) is 6.22. The van der Waals surface area contributed by atoms with Crippen LogP contribution in [0.1, 0.15) is 38.8 Å². The quantitative estimate of drug-likeness (QED) is 0.783. The number of rotatable bonds is 3. The van der Waals surface area contributed by atoms with Crippen molar-refractivity contribution in [3.63, 3.8) is 0 Å². The Labute approximate surface area is 111 Å². The van der Waals surface area contributed by atoms with Gasteiger partial charge in [0.05, 0.1) is 32.0 Å². The van der Waals surface area contributed by atoms with E-state index in [1.807, 2.05) is 0 Å². The predicted octanol–water partition coefficient (Wildman–Crippen LogP) is 0.623. The highest BCUT2D eigenvalue weighted by Gasteiger charge is 2.35. The number of hydrogen-bond acceptors (Lipinski definition) is 0. The maximum Gasteiger partial charge on any atom is 0.109 e. The number of benzene rings is 1. The topological polar surface area (TPSA) is 21.1 Å². The van der Waals surface area contributed by atoms with Crippen LogP contribution in [0.3, 0.4) is 0 Å². The lowest BCUT2D eigenvalue weighted by Crippen LogP contribution is -3.16. The van der Waals surface area contributed by atoms with Gasteiger partial charge in [0.15, 0.2) is 0 Å². The summed E-state index contributed by atoms with van der Waals surface area (Å²) in [7, 11) is 2.33. The summed E-state index contributed by atoms with van der Waals surface area (Å²) >= 11 is 0. The van der Waals surface area contributed by atoms with E-state index in [0.29, 0.717) is 6.04 Å². The lowest BCUT2D eigenvalue weighted by molar-refractivity contribution is -0.924. The summed E-state index contributed by atoms with van der Waals surface area (Å²) in [4.78, 5) is 1.69. The third kappa shape index (κ3) is 3.12. The fourth-order valence-corrected chi connectivity index (χ4v) is 3.21. The van der Waals surface area contributed by atoms with Crippen molar-refractivity contribution < 1.29 is 10.2 Å². The van der Waals surface area contributed by atoms with E-state index in [2.05, 4.69) is 63.5 Å². The van der Waals surface area contributed by atoms with E-state index < -0.39 is 0 Å². The minimum atomic E-state index is 0.573. The molecule has 0 aliphatic carbocycles. The maximum atomic E-state index is 2.59. The van der Waals surface area contributed by atoms with Crippen molar-refractivity contribution >= 4 is 0 Å². The Morgan fingerprint density at radius 2 is 1.89 bits per heavy atom. The van der Waals surface area contributed by atoms with E-state index in [0.717, 1.165) is 18.0 Å². The highest BCUT2D eigenvalue weighted by molar-refractivity contribution is 5.16. The van der Waals surface area contributed by atoms with Crippen LogP contribution in [0.25, 0.3) is 0 Å². The molecule has 1 fully saturated rings. The van der Waals surface area contributed by atoms with Crippen LogP contribution in [-0.2, 0) is 0 Å². The van der Waals surface area contributed by atoms with Gasteiger partial charge in [0.25, 0.3) is 0 Å². The van der Waals surface area contributed by atoms with Gasteiger partial charge in [0, 0.05) is 5.56 Å². The molecule has 0 aromatic heterocycles. The first kappa shape index (κ1) is 13.6. The molecular formula is C16H28N2+2. The molecule has 0 radical (unpaired) electrons. The highest BCUT2D eigenvalue weighted by Crippen LogP contribution is 2.12. The first-order valence-corrected chi connectivity index (χ1v) is 7.30. The standard InChI is InChI=1S/C16H26N2/c1-12-11-18(4)13(2)10-16(12)17-14(3)15-8-6-5-7-9-15/h5-9,12-14,16-17H,10-11H2,1-4H3/p+2/t12-,13+,14+,16-/m1/s1. The average molecular weight is 248 g/mol. The highest BCUT2D eigenvalue weighted by atomic mass is 15.2. The summed E-state index contributed by atoms with van der Waals surface area (Å²) in [5.41, 5.74) is 1.45. The fraction of sp³-hybridized carbons (Fsp3) is 0.625. The number of piperidine rings is 1. The van der Waals surface area contributed by atoms with Crippen LogP contribution in [0.4, 0.5) is 0 Å². The Bertz CT molecular complexity index is 363. The van der Waals surface area contributed by atoms with Crippen LogP contribution in [0.2, 0.25) is 0 Å². The lowest BCUT2D eigenvalue weighted by Gasteiger charge is -2.36. The largest absolute Gasteiger partial charge is 0.337 e. The van der Waals surface area contributed by atoms with E-state index in [-0.39, 0.29) is 0 Å². The summed E-state index contributed by atoms with van der Waals surface area (Å²) in [6.45, 7) is 8.44. The van der Waals surface area contributed by atoms with E-state index >= 15 is 0 Å². The lowest BCUT2D eigenvalue weighted by atomic mass is 9.89. The molecule has 0 bridgehead atoms. The van der Waals surface area contributed by atoms with Gasteiger partial charge in [-0.2, -0.15) is 0 Å². The molecule has 1 aliphatic heterocycles. The number of quaternary nitrogens is 2. The summed E-state index contributed by atoms with van der Waals surface area (Å²) in [5.74, 6) is 0.812. The van der Waals surface area contributed by atoms with E-state index in [4.69, 9.17) is 0 Å². The molecule has 3 N–H and O–H groups in total. The van der Waals surface area contributed by atoms with Crippen LogP contribution < -0.4 is 10.2 Å². The van der Waals surface area contributed by atoms with Crippen LogP contribution >= 0.6 is 0 Å². The van der Waals surface area contributed by atoms with Gasteiger partial charge in [-0.05, 0) is 13.8 Å². The number of nitrogens with two attached hydrogens (primary N) is 1. The molecule has 2 nitrogen and oxygen atoms in total. The molecule has 5 atom stereocenters. The number of hydrogen-bond donors (Lipinski definition) is 2. The Hall–Kier alpha value is -0.860. The van der Waals surface area contributed by atoms with Crippen molar-refractivity contribution in [2.75, 3.05) is 13.6 Å². The molecule has 18 heavy (non-hydrogen) atoms. The molecule has 1 aliphatic rings. The number of likely N-dealkylation sites (tertiary alicyclic amines) is 1. The second kappa shape index (κ2) is 5.85. The second-order valence-electron chi connectivity index (χ2n) is 6.22. The Morgan fingerprint density at radius 1 is 1.22 bits per heavy atom. The molecule has 0 spiro atoms. The van der Waals surface area contributed by atoms with Crippen LogP contribution in [0, 0.1) is 5.92 Å². The third-order valence-corrected chi connectivity index (χ3v) is 4.70. The van der Waals surface area contributed by atoms with Gasteiger partial charge in [0.2, 0.25) is 0 Å². The molecule has 0 amide bonds. The zero-order valence-corrected chi connectivity index (χ0v) is 12.2. The Morgan fingerprint density at radius 3 is 2.56 bits per heavy atom.